The molecule has 0 aliphatic carbocycles. The minimum absolute atomic E-state index is 0.319. The number of aliphatic hydroxyl groups is 1. The van der Waals surface area contributed by atoms with Gasteiger partial charge in [0.05, 0.1) is 10.2 Å². The highest BCUT2D eigenvalue weighted by Gasteiger charge is 2.26. The molecule has 2 heterocycles. The molecular weight excluding hydrogens is 406 g/mol. The van der Waals surface area contributed by atoms with Crippen molar-refractivity contribution >= 4 is 50.0 Å². The van der Waals surface area contributed by atoms with E-state index in [1.165, 1.54) is 43.9 Å². The van der Waals surface area contributed by atoms with Gasteiger partial charge in [0.2, 0.25) is 0 Å². The van der Waals surface area contributed by atoms with Gasteiger partial charge in [0, 0.05) is 24.6 Å². The highest BCUT2D eigenvalue weighted by molar-refractivity contribution is 8.15. The summed E-state index contributed by atoms with van der Waals surface area (Å²) in [5, 5.41) is 22.9. The maximum Gasteiger partial charge on any atom is 0.329 e. The first kappa shape index (κ1) is 22.1. The Morgan fingerprint density at radius 1 is 1.10 bits per heavy atom. The molecule has 1 aliphatic heterocycles. The molecule has 8 heteroatoms. The van der Waals surface area contributed by atoms with E-state index in [9.17, 15) is 4.79 Å². The van der Waals surface area contributed by atoms with Crippen molar-refractivity contribution in [1.82, 2.24) is 4.98 Å². The first-order chi connectivity index (χ1) is 14.2. The van der Waals surface area contributed by atoms with Gasteiger partial charge in [-0.15, -0.1) is 23.1 Å². The van der Waals surface area contributed by atoms with Gasteiger partial charge in [-0.05, 0) is 31.0 Å². The number of nitrogens with one attached hydrogen (secondary N) is 1. The lowest BCUT2D eigenvalue weighted by molar-refractivity contribution is -0.137. The Morgan fingerprint density at radius 2 is 1.83 bits per heavy atom. The van der Waals surface area contributed by atoms with Gasteiger partial charge in [-0.3, -0.25) is 4.99 Å². The van der Waals surface area contributed by atoms with Crippen LogP contribution in [0, 0.1) is 0 Å². The molecule has 3 N–H and O–H groups in total. The number of fused-ring (bicyclic) bond motifs is 1. The van der Waals surface area contributed by atoms with Crippen LogP contribution in [0.4, 0.5) is 5.69 Å². The number of benzene rings is 1. The molecule has 2 aromatic rings. The lowest BCUT2D eigenvalue weighted by Crippen LogP contribution is -2.17. The van der Waals surface area contributed by atoms with Crippen molar-refractivity contribution in [3.63, 3.8) is 0 Å². The third-order valence-electron chi connectivity index (χ3n) is 4.92. The Hall–Kier alpha value is -1.64. The molecule has 1 aromatic heterocycles. The number of thioether (sulfide) groups is 1. The van der Waals surface area contributed by atoms with Gasteiger partial charge < -0.3 is 15.5 Å². The zero-order chi connectivity index (χ0) is 20.5. The number of anilines is 1. The fourth-order valence-electron chi connectivity index (χ4n) is 3.27. The van der Waals surface area contributed by atoms with E-state index in [0.29, 0.717) is 12.4 Å². The number of rotatable bonds is 13. The number of unbranched alkanes of at least 4 members (excludes halogenated alkanes) is 7. The number of hydrogen-bond donors (Lipinski definition) is 3. The van der Waals surface area contributed by atoms with E-state index >= 15 is 0 Å². The van der Waals surface area contributed by atoms with Gasteiger partial charge in [0.1, 0.15) is 10.1 Å². The molecule has 1 atom stereocenters. The summed E-state index contributed by atoms with van der Waals surface area (Å²) in [5.74, 6) is -0.391. The molecule has 0 unspecified atom stereocenters. The van der Waals surface area contributed by atoms with Crippen LogP contribution < -0.4 is 5.32 Å². The van der Waals surface area contributed by atoms with Gasteiger partial charge in [-0.1, -0.05) is 38.5 Å². The Morgan fingerprint density at radius 3 is 2.52 bits per heavy atom. The Kier molecular flexibility index (Phi) is 8.76. The predicted molar refractivity (Wildman–Crippen MR) is 123 cm³/mol. The number of carboxylic acid groups (broad SMARTS) is 1. The lowest BCUT2D eigenvalue weighted by Gasteiger charge is -2.06. The van der Waals surface area contributed by atoms with Gasteiger partial charge >= 0.3 is 5.97 Å². The molecule has 1 aliphatic rings. The van der Waals surface area contributed by atoms with Gasteiger partial charge in [-0.2, -0.15) is 0 Å². The van der Waals surface area contributed by atoms with Crippen LogP contribution in [0.3, 0.4) is 0 Å². The summed E-state index contributed by atoms with van der Waals surface area (Å²) in [6, 6.07) is 5.53. The first-order valence-corrected chi connectivity index (χ1v) is 12.2. The van der Waals surface area contributed by atoms with E-state index in [1.54, 1.807) is 11.3 Å². The number of thiazole rings is 1. The van der Waals surface area contributed by atoms with Crippen molar-refractivity contribution in [2.45, 2.75) is 57.4 Å². The molecule has 29 heavy (non-hydrogen) atoms. The summed E-state index contributed by atoms with van der Waals surface area (Å²) in [7, 11) is 0. The second-order valence-corrected chi connectivity index (χ2v) is 9.32. The normalized spacial score (nSPS) is 16.3. The molecule has 3 rings (SSSR count). The molecule has 1 aromatic carbocycles. The summed E-state index contributed by atoms with van der Waals surface area (Å²) in [5.41, 5.74) is 2.03. The third kappa shape index (κ3) is 6.69. The molecule has 0 saturated heterocycles. The Balaban J connectivity index is 1.41. The van der Waals surface area contributed by atoms with E-state index in [-0.39, 0.29) is 0 Å². The maximum absolute atomic E-state index is 11.1. The number of hydrogen-bond acceptors (Lipinski definition) is 7. The number of aliphatic imine (C=N–C) groups is 1. The number of carbonyl (C=O) groups is 1. The molecule has 0 amide bonds. The fraction of sp³-hybridized carbons (Fsp3) is 0.571. The van der Waals surface area contributed by atoms with Gasteiger partial charge in [0.25, 0.3) is 0 Å². The molecule has 0 saturated carbocycles. The topological polar surface area (TPSA) is 94.8 Å². The van der Waals surface area contributed by atoms with Gasteiger partial charge in [0.15, 0.2) is 6.04 Å². The summed E-state index contributed by atoms with van der Waals surface area (Å²) >= 11 is 3.04. The second kappa shape index (κ2) is 11.5. The second-order valence-electron chi connectivity index (χ2n) is 7.28. The average molecular weight is 436 g/mol. The zero-order valence-corrected chi connectivity index (χ0v) is 18.2. The minimum Gasteiger partial charge on any atom is -0.480 e. The van der Waals surface area contributed by atoms with Crippen molar-refractivity contribution in [2.24, 2.45) is 4.99 Å². The number of nitrogens with zero attached hydrogens (tertiary/aromatic N) is 2. The quantitative estimate of drug-likeness (QED) is 0.392. The number of carboxylic acids is 1. The van der Waals surface area contributed by atoms with Crippen molar-refractivity contribution in [2.75, 3.05) is 24.2 Å². The van der Waals surface area contributed by atoms with Crippen LogP contribution in [0.25, 0.3) is 10.2 Å². The fourth-order valence-corrected chi connectivity index (χ4v) is 5.38. The Labute approximate surface area is 179 Å². The van der Waals surface area contributed by atoms with Crippen LogP contribution in [0.2, 0.25) is 0 Å². The van der Waals surface area contributed by atoms with E-state index in [1.807, 2.05) is 6.07 Å². The zero-order valence-electron chi connectivity index (χ0n) is 16.6. The molecule has 0 bridgehead atoms. The SMILES string of the molecule is O=C(O)[C@H]1CSC(c2nc3ccc(NCCCCCCCCCCO)cc3s2)=N1. The molecular formula is C21H29N3O3S2. The summed E-state index contributed by atoms with van der Waals surface area (Å²) in [4.78, 5) is 20.0. The van der Waals surface area contributed by atoms with E-state index in [0.717, 1.165) is 51.8 Å². The molecule has 0 radical (unpaired) electrons. The largest absolute Gasteiger partial charge is 0.480 e. The lowest BCUT2D eigenvalue weighted by atomic mass is 10.1. The van der Waals surface area contributed by atoms with Crippen molar-refractivity contribution in [1.29, 1.82) is 0 Å². The summed E-state index contributed by atoms with van der Waals surface area (Å²) in [6.45, 7) is 1.28. The smallest absolute Gasteiger partial charge is 0.329 e. The summed E-state index contributed by atoms with van der Waals surface area (Å²) in [6.07, 6.45) is 9.54. The monoisotopic (exact) mass is 435 g/mol. The van der Waals surface area contributed by atoms with Gasteiger partial charge in [-0.25, -0.2) is 9.78 Å². The van der Waals surface area contributed by atoms with Crippen molar-refractivity contribution < 1.29 is 15.0 Å². The predicted octanol–water partition coefficient (Wildman–Crippen LogP) is 4.77. The Bertz CT molecular complexity index is 838. The number of aromatic nitrogens is 1. The summed E-state index contributed by atoms with van der Waals surface area (Å²) < 4.78 is 1.09. The van der Waals surface area contributed by atoms with Crippen LogP contribution in [0.15, 0.2) is 23.2 Å². The van der Waals surface area contributed by atoms with Crippen molar-refractivity contribution in [3.8, 4) is 0 Å². The molecule has 0 spiro atoms. The van der Waals surface area contributed by atoms with Crippen LogP contribution in [-0.4, -0.2) is 51.2 Å². The molecule has 0 fully saturated rings. The van der Waals surface area contributed by atoms with Crippen LogP contribution >= 0.6 is 23.1 Å². The average Bonchev–Trinajstić information content (AvgIpc) is 3.36. The van der Waals surface area contributed by atoms with E-state index < -0.39 is 12.0 Å². The van der Waals surface area contributed by atoms with Crippen LogP contribution in [0.5, 0.6) is 0 Å². The minimum atomic E-state index is -0.873. The van der Waals surface area contributed by atoms with E-state index in [4.69, 9.17) is 10.2 Å². The maximum atomic E-state index is 11.1. The first-order valence-electron chi connectivity index (χ1n) is 10.4. The van der Waals surface area contributed by atoms with E-state index in [2.05, 4.69) is 27.4 Å². The number of aliphatic hydroxyl groups excluding tert-OH is 1. The number of aliphatic carboxylic acids is 1. The standard InChI is InChI=1S/C21H29N3O3S2/c25-12-8-6-4-2-1-3-5-7-11-22-15-9-10-16-18(13-15)29-20(23-16)19-24-17(14-28-19)21(26)27/h9-10,13,17,22,25H,1-8,11-12,14H2,(H,26,27)/t17-/m1/s1. The van der Waals surface area contributed by atoms with Crippen molar-refractivity contribution in [3.05, 3.63) is 23.2 Å². The highest BCUT2D eigenvalue weighted by atomic mass is 32.2. The van der Waals surface area contributed by atoms with Crippen LogP contribution in [-0.2, 0) is 4.79 Å². The highest BCUT2D eigenvalue weighted by Crippen LogP contribution is 2.31. The molecule has 158 valence electrons. The molecule has 6 nitrogen and oxygen atoms in total. The third-order valence-corrected chi connectivity index (χ3v) is 7.13. The van der Waals surface area contributed by atoms with Crippen LogP contribution in [0.1, 0.15) is 56.4 Å².